The number of hydrogen-bond donors (Lipinski definition) is 1. The molecule has 2 aromatic rings. The Hall–Kier alpha value is -2.43. The van der Waals surface area contributed by atoms with Crippen LogP contribution < -0.4 is 5.32 Å². The van der Waals surface area contributed by atoms with Crippen LogP contribution in [0.15, 0.2) is 42.6 Å². The zero-order valence-electron chi connectivity index (χ0n) is 14.4. The monoisotopic (exact) mass is 336 g/mol. The average Bonchev–Trinajstić information content (AvgIpc) is 2.61. The van der Waals surface area contributed by atoms with Crippen LogP contribution in [0, 0.1) is 0 Å². The van der Waals surface area contributed by atoms with Crippen LogP contribution in [0.1, 0.15) is 54.2 Å². The van der Waals surface area contributed by atoms with E-state index in [4.69, 9.17) is 0 Å². The zero-order chi connectivity index (χ0) is 17.1. The molecule has 25 heavy (non-hydrogen) atoms. The second-order valence-corrected chi connectivity index (χ2v) is 7.00. The second-order valence-electron chi connectivity index (χ2n) is 7.00. The Morgan fingerprint density at radius 1 is 1.04 bits per heavy atom. The predicted molar refractivity (Wildman–Crippen MR) is 97.6 cm³/mol. The molecule has 4 rings (SSSR count). The van der Waals surface area contributed by atoms with Crippen molar-refractivity contribution in [2.24, 2.45) is 0 Å². The number of rotatable bonds is 4. The Labute approximate surface area is 148 Å². The van der Waals surface area contributed by atoms with Gasteiger partial charge in [-0.25, -0.2) is 9.97 Å². The van der Waals surface area contributed by atoms with Gasteiger partial charge in [-0.15, -0.1) is 0 Å². The normalized spacial score (nSPS) is 18.6. The molecule has 1 aromatic carbocycles. The van der Waals surface area contributed by atoms with E-state index in [9.17, 15) is 4.79 Å². The molecule has 0 bridgehead atoms. The Morgan fingerprint density at radius 3 is 2.48 bits per heavy atom. The van der Waals surface area contributed by atoms with E-state index in [0.717, 1.165) is 43.1 Å². The lowest BCUT2D eigenvalue weighted by Crippen LogP contribution is -2.42. The summed E-state index contributed by atoms with van der Waals surface area (Å²) in [6, 6.07) is 11.8. The third kappa shape index (κ3) is 3.65. The number of aromatic nitrogens is 2. The third-order valence-corrected chi connectivity index (χ3v) is 5.30. The summed E-state index contributed by atoms with van der Waals surface area (Å²) in [4.78, 5) is 23.6. The first-order chi connectivity index (χ1) is 12.3. The van der Waals surface area contributed by atoms with Crippen LogP contribution in [-0.2, 0) is 0 Å². The first-order valence-corrected chi connectivity index (χ1v) is 9.23. The van der Waals surface area contributed by atoms with Gasteiger partial charge in [-0.3, -0.25) is 4.79 Å². The number of carbonyl (C=O) groups excluding carboxylic acids is 1. The van der Waals surface area contributed by atoms with Gasteiger partial charge in [0.25, 0.3) is 5.91 Å². The highest BCUT2D eigenvalue weighted by Crippen LogP contribution is 2.34. The van der Waals surface area contributed by atoms with Gasteiger partial charge in [0.05, 0.1) is 0 Å². The quantitative estimate of drug-likeness (QED) is 0.929. The lowest BCUT2D eigenvalue weighted by molar-refractivity contribution is 0.0718. The van der Waals surface area contributed by atoms with Gasteiger partial charge in [-0.05, 0) is 43.9 Å². The smallest absolute Gasteiger partial charge is 0.253 e. The Balaban J connectivity index is 1.32. The molecule has 1 saturated carbocycles. The highest BCUT2D eigenvalue weighted by Gasteiger charge is 2.25. The van der Waals surface area contributed by atoms with Crippen molar-refractivity contribution in [1.29, 1.82) is 0 Å². The molecule has 2 fully saturated rings. The average molecular weight is 336 g/mol. The van der Waals surface area contributed by atoms with E-state index < -0.39 is 0 Å². The predicted octanol–water partition coefficient (Wildman–Crippen LogP) is 3.46. The minimum atomic E-state index is 0.133. The highest BCUT2D eigenvalue weighted by atomic mass is 16.2. The maximum atomic E-state index is 12.5. The molecule has 1 aliphatic carbocycles. The molecule has 0 unspecified atom stereocenters. The molecule has 1 aliphatic heterocycles. The van der Waals surface area contributed by atoms with Gasteiger partial charge in [0.1, 0.15) is 11.6 Å². The summed E-state index contributed by atoms with van der Waals surface area (Å²) < 4.78 is 0. The maximum Gasteiger partial charge on any atom is 0.253 e. The van der Waals surface area contributed by atoms with Crippen molar-refractivity contribution in [2.45, 2.75) is 44.1 Å². The molecule has 0 radical (unpaired) electrons. The van der Waals surface area contributed by atoms with Gasteiger partial charge < -0.3 is 10.2 Å². The van der Waals surface area contributed by atoms with Crippen LogP contribution in [0.5, 0.6) is 0 Å². The number of hydrogen-bond acceptors (Lipinski definition) is 4. The van der Waals surface area contributed by atoms with Crippen LogP contribution >= 0.6 is 0 Å². The highest BCUT2D eigenvalue weighted by molar-refractivity contribution is 5.94. The molecule has 5 heteroatoms. The second kappa shape index (κ2) is 7.21. The summed E-state index contributed by atoms with van der Waals surface area (Å²) in [6.07, 6.45) is 7.46. The molecule has 1 amide bonds. The van der Waals surface area contributed by atoms with E-state index in [0.29, 0.717) is 12.0 Å². The number of carbonyl (C=O) groups is 1. The van der Waals surface area contributed by atoms with Crippen LogP contribution in [0.25, 0.3) is 0 Å². The molecule has 2 heterocycles. The Kier molecular flexibility index (Phi) is 4.63. The van der Waals surface area contributed by atoms with Gasteiger partial charge in [0, 0.05) is 36.8 Å². The van der Waals surface area contributed by atoms with Crippen molar-refractivity contribution >= 4 is 11.7 Å². The van der Waals surface area contributed by atoms with E-state index in [1.165, 1.54) is 19.3 Å². The standard InChI is InChI=1S/C20H24N4O/c25-20(16-5-2-1-3-6-16)24-13-10-17(11-14-24)22-18-9-12-21-19(23-18)15-7-4-8-15/h1-3,5-6,9,12,15,17H,4,7-8,10-11,13-14H2,(H,21,22,23). The lowest BCUT2D eigenvalue weighted by Gasteiger charge is -2.33. The number of nitrogens with one attached hydrogen (secondary N) is 1. The number of piperidine rings is 1. The van der Waals surface area contributed by atoms with Gasteiger partial charge in [-0.2, -0.15) is 0 Å². The minimum Gasteiger partial charge on any atom is -0.367 e. The molecule has 1 N–H and O–H groups in total. The van der Waals surface area contributed by atoms with Crippen LogP contribution in [0.2, 0.25) is 0 Å². The Morgan fingerprint density at radius 2 is 1.80 bits per heavy atom. The van der Waals surface area contributed by atoms with E-state index in [-0.39, 0.29) is 5.91 Å². The molecule has 0 spiro atoms. The number of anilines is 1. The molecule has 1 saturated heterocycles. The minimum absolute atomic E-state index is 0.133. The molecule has 130 valence electrons. The van der Waals surface area contributed by atoms with Gasteiger partial charge in [0.15, 0.2) is 0 Å². The zero-order valence-corrected chi connectivity index (χ0v) is 14.4. The number of benzene rings is 1. The van der Waals surface area contributed by atoms with Crippen molar-refractivity contribution in [3.8, 4) is 0 Å². The molecule has 2 aliphatic rings. The summed E-state index contributed by atoms with van der Waals surface area (Å²) in [5.41, 5.74) is 0.773. The van der Waals surface area contributed by atoms with E-state index in [2.05, 4.69) is 15.3 Å². The van der Waals surface area contributed by atoms with Gasteiger partial charge in [-0.1, -0.05) is 24.6 Å². The van der Waals surface area contributed by atoms with E-state index in [1.54, 1.807) is 0 Å². The summed E-state index contributed by atoms with van der Waals surface area (Å²) in [5, 5.41) is 3.53. The van der Waals surface area contributed by atoms with E-state index in [1.807, 2.05) is 47.5 Å². The number of nitrogens with zero attached hydrogens (tertiary/aromatic N) is 3. The number of likely N-dealkylation sites (tertiary alicyclic amines) is 1. The van der Waals surface area contributed by atoms with Crippen molar-refractivity contribution in [3.63, 3.8) is 0 Å². The molecular weight excluding hydrogens is 312 g/mol. The van der Waals surface area contributed by atoms with Crippen molar-refractivity contribution < 1.29 is 4.79 Å². The fraction of sp³-hybridized carbons (Fsp3) is 0.450. The van der Waals surface area contributed by atoms with Gasteiger partial charge >= 0.3 is 0 Å². The molecule has 5 nitrogen and oxygen atoms in total. The Bertz CT molecular complexity index is 721. The van der Waals surface area contributed by atoms with Gasteiger partial charge in [0.2, 0.25) is 0 Å². The summed E-state index contributed by atoms with van der Waals surface area (Å²) in [5.74, 6) is 2.58. The molecule has 0 atom stereocenters. The fourth-order valence-corrected chi connectivity index (χ4v) is 3.52. The van der Waals surface area contributed by atoms with E-state index >= 15 is 0 Å². The van der Waals surface area contributed by atoms with Crippen LogP contribution in [-0.4, -0.2) is 39.9 Å². The maximum absolute atomic E-state index is 12.5. The fourth-order valence-electron chi connectivity index (χ4n) is 3.52. The summed E-state index contributed by atoms with van der Waals surface area (Å²) in [6.45, 7) is 1.57. The summed E-state index contributed by atoms with van der Waals surface area (Å²) in [7, 11) is 0. The largest absolute Gasteiger partial charge is 0.367 e. The molecular formula is C20H24N4O. The van der Waals surface area contributed by atoms with Crippen molar-refractivity contribution in [1.82, 2.24) is 14.9 Å². The van der Waals surface area contributed by atoms with Crippen LogP contribution in [0.3, 0.4) is 0 Å². The first-order valence-electron chi connectivity index (χ1n) is 9.23. The third-order valence-electron chi connectivity index (χ3n) is 5.30. The topological polar surface area (TPSA) is 58.1 Å². The first kappa shape index (κ1) is 16.1. The summed E-state index contributed by atoms with van der Waals surface area (Å²) >= 11 is 0. The molecule has 1 aromatic heterocycles. The van der Waals surface area contributed by atoms with Crippen LogP contribution in [0.4, 0.5) is 5.82 Å². The van der Waals surface area contributed by atoms with Crippen molar-refractivity contribution in [2.75, 3.05) is 18.4 Å². The van der Waals surface area contributed by atoms with Crippen molar-refractivity contribution in [3.05, 3.63) is 54.0 Å². The lowest BCUT2D eigenvalue weighted by atomic mass is 9.85. The SMILES string of the molecule is O=C(c1ccccc1)N1CCC(Nc2ccnc(C3CCC3)n2)CC1. The number of amides is 1.